The maximum absolute atomic E-state index is 12.7. The molecule has 9 nitrogen and oxygen atoms in total. The standard InChI is InChI=1S/C19H26N6O3/c1-24-18(15-6-2-3-7-16(15)23-24)19(27)22-13-9-21-25(11-13)12-17(26)20-10-14-5-4-8-28-14/h9,11,14H,2-8,10,12H2,1H3,(H,20,26)(H,22,27)/t14-/m1/s1. The highest BCUT2D eigenvalue weighted by Gasteiger charge is 2.24. The number of hydrogen-bond donors (Lipinski definition) is 2. The van der Waals surface area contributed by atoms with Crippen LogP contribution in [0.15, 0.2) is 12.4 Å². The largest absolute Gasteiger partial charge is 0.376 e. The molecular weight excluding hydrogens is 360 g/mol. The third-order valence-corrected chi connectivity index (χ3v) is 5.28. The number of nitrogens with zero attached hydrogens (tertiary/aromatic N) is 4. The van der Waals surface area contributed by atoms with E-state index < -0.39 is 0 Å². The highest BCUT2D eigenvalue weighted by molar-refractivity contribution is 6.04. The Morgan fingerprint density at radius 1 is 1.29 bits per heavy atom. The first-order chi connectivity index (χ1) is 13.6. The average molecular weight is 386 g/mol. The van der Waals surface area contributed by atoms with E-state index in [1.807, 2.05) is 0 Å². The molecule has 1 saturated heterocycles. The molecule has 0 spiro atoms. The first-order valence-corrected chi connectivity index (χ1v) is 9.87. The summed E-state index contributed by atoms with van der Waals surface area (Å²) in [6.45, 7) is 1.39. The van der Waals surface area contributed by atoms with Crippen molar-refractivity contribution in [3.8, 4) is 0 Å². The fourth-order valence-electron chi connectivity index (χ4n) is 3.91. The number of aryl methyl sites for hydroxylation is 2. The molecule has 1 fully saturated rings. The van der Waals surface area contributed by atoms with Gasteiger partial charge in [0.05, 0.1) is 23.7 Å². The molecule has 2 aromatic rings. The highest BCUT2D eigenvalue weighted by Crippen LogP contribution is 2.24. The summed E-state index contributed by atoms with van der Waals surface area (Å²) in [6, 6.07) is 0. The molecule has 2 aliphatic rings. The summed E-state index contributed by atoms with van der Waals surface area (Å²) in [5.74, 6) is -0.322. The SMILES string of the molecule is Cn1nc2c(c1C(=O)Nc1cnn(CC(=O)NC[C@H]3CCCO3)c1)CCCC2. The molecule has 2 amide bonds. The molecule has 28 heavy (non-hydrogen) atoms. The second-order valence-electron chi connectivity index (χ2n) is 7.42. The molecule has 0 radical (unpaired) electrons. The van der Waals surface area contributed by atoms with Gasteiger partial charge in [-0.25, -0.2) is 0 Å². The summed E-state index contributed by atoms with van der Waals surface area (Å²) in [4.78, 5) is 24.8. The van der Waals surface area contributed by atoms with Crippen LogP contribution < -0.4 is 10.6 Å². The number of ether oxygens (including phenoxy) is 1. The Morgan fingerprint density at radius 2 is 2.14 bits per heavy atom. The van der Waals surface area contributed by atoms with Crippen LogP contribution in [-0.2, 0) is 36.0 Å². The predicted molar refractivity (Wildman–Crippen MR) is 102 cm³/mol. The molecule has 2 aromatic heterocycles. The Balaban J connectivity index is 1.34. The van der Waals surface area contributed by atoms with Crippen molar-refractivity contribution in [1.82, 2.24) is 24.9 Å². The van der Waals surface area contributed by atoms with E-state index in [-0.39, 0.29) is 24.5 Å². The van der Waals surface area contributed by atoms with Crippen LogP contribution in [0.2, 0.25) is 0 Å². The molecule has 1 aliphatic heterocycles. The van der Waals surface area contributed by atoms with E-state index in [0.717, 1.165) is 56.4 Å². The minimum absolute atomic E-state index is 0.101. The summed E-state index contributed by atoms with van der Waals surface area (Å²) in [5.41, 5.74) is 3.24. The van der Waals surface area contributed by atoms with Crippen LogP contribution in [0.25, 0.3) is 0 Å². The van der Waals surface area contributed by atoms with Gasteiger partial charge in [-0.2, -0.15) is 10.2 Å². The van der Waals surface area contributed by atoms with Gasteiger partial charge < -0.3 is 15.4 Å². The Labute approximate surface area is 163 Å². The van der Waals surface area contributed by atoms with Crippen LogP contribution in [0.3, 0.4) is 0 Å². The van der Waals surface area contributed by atoms with Crippen molar-refractivity contribution in [3.63, 3.8) is 0 Å². The summed E-state index contributed by atoms with van der Waals surface area (Å²) in [7, 11) is 1.80. The molecule has 2 N–H and O–H groups in total. The molecule has 4 rings (SSSR count). The van der Waals surface area contributed by atoms with Crippen molar-refractivity contribution in [3.05, 3.63) is 29.3 Å². The number of hydrogen-bond acceptors (Lipinski definition) is 5. The number of carbonyl (C=O) groups excluding carboxylic acids is 2. The van der Waals surface area contributed by atoms with Crippen molar-refractivity contribution >= 4 is 17.5 Å². The van der Waals surface area contributed by atoms with Crippen LogP contribution in [-0.4, -0.2) is 50.6 Å². The molecule has 0 bridgehead atoms. The van der Waals surface area contributed by atoms with E-state index in [0.29, 0.717) is 17.9 Å². The van der Waals surface area contributed by atoms with E-state index >= 15 is 0 Å². The maximum atomic E-state index is 12.7. The van der Waals surface area contributed by atoms with Gasteiger partial charge in [0.25, 0.3) is 5.91 Å². The second kappa shape index (κ2) is 8.14. The summed E-state index contributed by atoms with van der Waals surface area (Å²) in [6.07, 6.45) is 9.36. The third-order valence-electron chi connectivity index (χ3n) is 5.28. The monoisotopic (exact) mass is 386 g/mol. The zero-order valence-electron chi connectivity index (χ0n) is 16.1. The molecule has 0 unspecified atom stereocenters. The van der Waals surface area contributed by atoms with E-state index in [4.69, 9.17) is 4.74 Å². The molecule has 3 heterocycles. The normalized spacial score (nSPS) is 18.7. The van der Waals surface area contributed by atoms with Crippen LogP contribution >= 0.6 is 0 Å². The van der Waals surface area contributed by atoms with Crippen LogP contribution in [0.1, 0.15) is 47.4 Å². The van der Waals surface area contributed by atoms with E-state index in [1.165, 1.54) is 4.68 Å². The van der Waals surface area contributed by atoms with E-state index in [9.17, 15) is 9.59 Å². The Kier molecular flexibility index (Phi) is 5.43. The second-order valence-corrected chi connectivity index (χ2v) is 7.42. The first kappa shape index (κ1) is 18.7. The fourth-order valence-corrected chi connectivity index (χ4v) is 3.91. The van der Waals surface area contributed by atoms with Crippen molar-refractivity contribution < 1.29 is 14.3 Å². The van der Waals surface area contributed by atoms with Gasteiger partial charge in [0.2, 0.25) is 5.91 Å². The first-order valence-electron chi connectivity index (χ1n) is 9.87. The van der Waals surface area contributed by atoms with Gasteiger partial charge >= 0.3 is 0 Å². The van der Waals surface area contributed by atoms with Crippen molar-refractivity contribution in [2.24, 2.45) is 7.05 Å². The van der Waals surface area contributed by atoms with Gasteiger partial charge in [-0.1, -0.05) is 0 Å². The van der Waals surface area contributed by atoms with Crippen molar-refractivity contribution in [2.75, 3.05) is 18.5 Å². The average Bonchev–Trinajstić information content (AvgIpc) is 3.39. The summed E-state index contributed by atoms with van der Waals surface area (Å²) in [5, 5.41) is 14.4. The molecule has 0 saturated carbocycles. The van der Waals surface area contributed by atoms with Gasteiger partial charge in [-0.05, 0) is 38.5 Å². The Bertz CT molecular complexity index is 865. The lowest BCUT2D eigenvalue weighted by Crippen LogP contribution is -2.34. The Hall–Kier alpha value is -2.68. The zero-order chi connectivity index (χ0) is 19.5. The van der Waals surface area contributed by atoms with Gasteiger partial charge in [-0.15, -0.1) is 0 Å². The van der Waals surface area contributed by atoms with Crippen LogP contribution in [0.5, 0.6) is 0 Å². The summed E-state index contributed by atoms with van der Waals surface area (Å²) < 4.78 is 8.67. The van der Waals surface area contributed by atoms with Gasteiger partial charge in [-0.3, -0.25) is 19.0 Å². The summed E-state index contributed by atoms with van der Waals surface area (Å²) >= 11 is 0. The third kappa shape index (κ3) is 4.09. The van der Waals surface area contributed by atoms with Gasteiger partial charge in [0.1, 0.15) is 12.2 Å². The van der Waals surface area contributed by atoms with Gasteiger partial charge in [0, 0.05) is 32.0 Å². The molecule has 9 heteroatoms. The van der Waals surface area contributed by atoms with E-state index in [1.54, 1.807) is 24.1 Å². The number of rotatable bonds is 6. The van der Waals surface area contributed by atoms with Crippen LogP contribution in [0, 0.1) is 0 Å². The Morgan fingerprint density at radius 3 is 2.96 bits per heavy atom. The maximum Gasteiger partial charge on any atom is 0.274 e. The van der Waals surface area contributed by atoms with Crippen LogP contribution in [0.4, 0.5) is 5.69 Å². The minimum atomic E-state index is -0.194. The lowest BCUT2D eigenvalue weighted by molar-refractivity contribution is -0.122. The number of anilines is 1. The minimum Gasteiger partial charge on any atom is -0.376 e. The fraction of sp³-hybridized carbons (Fsp3) is 0.579. The smallest absolute Gasteiger partial charge is 0.274 e. The molecule has 150 valence electrons. The van der Waals surface area contributed by atoms with Crippen molar-refractivity contribution in [1.29, 1.82) is 0 Å². The number of aromatic nitrogens is 4. The lowest BCUT2D eigenvalue weighted by Gasteiger charge is -2.11. The molecule has 0 aromatic carbocycles. The number of amides is 2. The zero-order valence-corrected chi connectivity index (χ0v) is 16.1. The topological polar surface area (TPSA) is 103 Å². The number of nitrogens with one attached hydrogen (secondary N) is 2. The highest BCUT2D eigenvalue weighted by atomic mass is 16.5. The molecule has 1 atom stereocenters. The number of fused-ring (bicyclic) bond motifs is 1. The number of carbonyl (C=O) groups is 2. The van der Waals surface area contributed by atoms with Crippen molar-refractivity contribution in [2.45, 2.75) is 51.2 Å². The lowest BCUT2D eigenvalue weighted by atomic mass is 9.95. The predicted octanol–water partition coefficient (Wildman–Crippen LogP) is 1.04. The van der Waals surface area contributed by atoms with E-state index in [2.05, 4.69) is 20.8 Å². The van der Waals surface area contributed by atoms with Gasteiger partial charge in [0.15, 0.2) is 0 Å². The molecule has 1 aliphatic carbocycles. The molecular formula is C19H26N6O3. The quantitative estimate of drug-likeness (QED) is 0.772.